The summed E-state index contributed by atoms with van der Waals surface area (Å²) in [6, 6.07) is 15.5. The number of carbonyl (C=O) groups excluding carboxylic acids is 1. The normalized spacial score (nSPS) is 10.9. The predicted molar refractivity (Wildman–Crippen MR) is 94.4 cm³/mol. The molecule has 5 heteroatoms. The lowest BCUT2D eigenvalue weighted by atomic mass is 10.1. The topological polar surface area (TPSA) is 42.4 Å². The summed E-state index contributed by atoms with van der Waals surface area (Å²) < 4.78 is 6.24. The molecule has 0 atom stereocenters. The summed E-state index contributed by atoms with van der Waals surface area (Å²) >= 11 is 1.52. The van der Waals surface area contributed by atoms with Crippen LogP contribution in [0.2, 0.25) is 0 Å². The van der Waals surface area contributed by atoms with Gasteiger partial charge in [0.15, 0.2) is 5.13 Å². The number of benzene rings is 2. The van der Waals surface area contributed by atoms with Gasteiger partial charge in [-0.25, -0.2) is 4.98 Å². The number of nitrogens with zero attached hydrogens (tertiary/aromatic N) is 2. The van der Waals surface area contributed by atoms with Gasteiger partial charge in [-0.3, -0.25) is 9.69 Å². The van der Waals surface area contributed by atoms with Crippen molar-refractivity contribution in [2.45, 2.75) is 6.92 Å². The van der Waals surface area contributed by atoms with Gasteiger partial charge in [0.2, 0.25) is 0 Å². The van der Waals surface area contributed by atoms with Crippen molar-refractivity contribution in [1.29, 1.82) is 0 Å². The Labute approximate surface area is 139 Å². The van der Waals surface area contributed by atoms with Gasteiger partial charge in [-0.1, -0.05) is 41.7 Å². The Morgan fingerprint density at radius 1 is 1.17 bits per heavy atom. The van der Waals surface area contributed by atoms with Crippen molar-refractivity contribution in [3.63, 3.8) is 0 Å². The van der Waals surface area contributed by atoms with E-state index in [0.717, 1.165) is 15.8 Å². The smallest absolute Gasteiger partial charge is 0.260 e. The highest BCUT2D eigenvalue weighted by atomic mass is 32.1. The summed E-state index contributed by atoms with van der Waals surface area (Å²) in [6.45, 7) is 2.89. The van der Waals surface area contributed by atoms with Gasteiger partial charge in [0.25, 0.3) is 5.91 Å². The van der Waals surface area contributed by atoms with Gasteiger partial charge in [-0.15, -0.1) is 0 Å². The quantitative estimate of drug-likeness (QED) is 0.714. The zero-order chi connectivity index (χ0) is 16.2. The van der Waals surface area contributed by atoms with Gasteiger partial charge >= 0.3 is 0 Å². The molecule has 0 N–H and O–H groups in total. The number of hydrogen-bond acceptors (Lipinski definition) is 4. The molecule has 0 aliphatic rings. The maximum absolute atomic E-state index is 13.0. The van der Waals surface area contributed by atoms with Crippen LogP contribution in [0.1, 0.15) is 15.9 Å². The molecular weight excluding hydrogens is 308 g/mol. The van der Waals surface area contributed by atoms with E-state index in [1.807, 2.05) is 55.5 Å². The molecule has 0 saturated carbocycles. The molecule has 0 bridgehead atoms. The van der Waals surface area contributed by atoms with E-state index in [2.05, 4.69) is 4.98 Å². The van der Waals surface area contributed by atoms with Crippen molar-refractivity contribution >= 4 is 32.6 Å². The molecule has 1 amide bonds. The lowest BCUT2D eigenvalue weighted by Gasteiger charge is -2.20. The van der Waals surface area contributed by atoms with Gasteiger partial charge in [0.05, 0.1) is 23.4 Å². The summed E-state index contributed by atoms with van der Waals surface area (Å²) in [4.78, 5) is 19.3. The fourth-order valence-electron chi connectivity index (χ4n) is 2.40. The van der Waals surface area contributed by atoms with Gasteiger partial charge in [-0.05, 0) is 30.7 Å². The third kappa shape index (κ3) is 3.25. The number of para-hydroxylation sites is 1. The van der Waals surface area contributed by atoms with Gasteiger partial charge in [0.1, 0.15) is 0 Å². The Balaban J connectivity index is 2.00. The molecule has 1 aromatic heterocycles. The van der Waals surface area contributed by atoms with E-state index >= 15 is 0 Å². The molecule has 3 aromatic rings. The number of fused-ring (bicyclic) bond motifs is 1. The van der Waals surface area contributed by atoms with E-state index in [9.17, 15) is 4.79 Å². The highest BCUT2D eigenvalue weighted by Gasteiger charge is 2.22. The SMILES string of the molecule is COCCN(C(=O)c1ccccc1C)c1nc2ccccc2s1. The van der Waals surface area contributed by atoms with Crippen molar-refractivity contribution in [1.82, 2.24) is 4.98 Å². The van der Waals surface area contributed by atoms with Crippen LogP contribution in [-0.4, -0.2) is 31.2 Å². The summed E-state index contributed by atoms with van der Waals surface area (Å²) in [5, 5.41) is 0.705. The lowest BCUT2D eigenvalue weighted by molar-refractivity contribution is 0.0975. The zero-order valence-electron chi connectivity index (χ0n) is 13.2. The van der Waals surface area contributed by atoms with Gasteiger partial charge in [-0.2, -0.15) is 0 Å². The minimum absolute atomic E-state index is 0.0424. The van der Waals surface area contributed by atoms with E-state index in [1.54, 1.807) is 12.0 Å². The van der Waals surface area contributed by atoms with Crippen molar-refractivity contribution < 1.29 is 9.53 Å². The molecule has 0 aliphatic heterocycles. The number of anilines is 1. The number of amides is 1. The summed E-state index contributed by atoms with van der Waals surface area (Å²) in [6.07, 6.45) is 0. The maximum atomic E-state index is 13.0. The molecule has 2 aromatic carbocycles. The second-order valence-electron chi connectivity index (χ2n) is 5.23. The molecule has 0 saturated heterocycles. The fraction of sp³-hybridized carbons (Fsp3) is 0.222. The van der Waals surface area contributed by atoms with Crippen LogP contribution in [0.5, 0.6) is 0 Å². The Hall–Kier alpha value is -2.24. The van der Waals surface area contributed by atoms with Crippen LogP contribution in [0.15, 0.2) is 48.5 Å². The molecule has 4 nitrogen and oxygen atoms in total. The third-order valence-corrected chi connectivity index (χ3v) is 4.71. The molecule has 0 spiro atoms. The van der Waals surface area contributed by atoms with E-state index in [1.165, 1.54) is 11.3 Å². The van der Waals surface area contributed by atoms with Crippen molar-refractivity contribution in [2.24, 2.45) is 0 Å². The Morgan fingerprint density at radius 3 is 2.65 bits per heavy atom. The molecule has 0 radical (unpaired) electrons. The lowest BCUT2D eigenvalue weighted by Crippen LogP contribution is -2.34. The first-order valence-corrected chi connectivity index (χ1v) is 8.24. The monoisotopic (exact) mass is 326 g/mol. The summed E-state index contributed by atoms with van der Waals surface area (Å²) in [5.74, 6) is -0.0424. The van der Waals surface area contributed by atoms with E-state index in [-0.39, 0.29) is 5.91 Å². The van der Waals surface area contributed by atoms with Crippen LogP contribution in [0, 0.1) is 6.92 Å². The third-order valence-electron chi connectivity index (χ3n) is 3.65. The Kier molecular flexibility index (Phi) is 4.69. The van der Waals surface area contributed by atoms with Gasteiger partial charge in [0, 0.05) is 12.7 Å². The minimum Gasteiger partial charge on any atom is -0.383 e. The molecule has 0 aliphatic carbocycles. The largest absolute Gasteiger partial charge is 0.383 e. The van der Waals surface area contributed by atoms with Crippen LogP contribution in [0.25, 0.3) is 10.2 Å². The first-order valence-electron chi connectivity index (χ1n) is 7.42. The summed E-state index contributed by atoms with van der Waals surface area (Å²) in [7, 11) is 1.63. The number of hydrogen-bond donors (Lipinski definition) is 0. The van der Waals surface area contributed by atoms with Crippen LogP contribution < -0.4 is 4.90 Å². The second kappa shape index (κ2) is 6.89. The molecule has 0 unspecified atom stereocenters. The number of aryl methyl sites for hydroxylation is 1. The number of ether oxygens (including phenoxy) is 1. The average molecular weight is 326 g/mol. The highest BCUT2D eigenvalue weighted by Crippen LogP contribution is 2.29. The first kappa shape index (κ1) is 15.6. The zero-order valence-corrected chi connectivity index (χ0v) is 14.0. The van der Waals surface area contributed by atoms with Crippen molar-refractivity contribution in [3.05, 3.63) is 59.7 Å². The molecule has 1 heterocycles. The molecular formula is C18H18N2O2S. The van der Waals surface area contributed by atoms with Crippen LogP contribution >= 0.6 is 11.3 Å². The standard InChI is InChI=1S/C18H18N2O2S/c1-13-7-3-4-8-14(13)17(21)20(11-12-22-2)18-19-15-9-5-6-10-16(15)23-18/h3-10H,11-12H2,1-2H3. The fourth-order valence-corrected chi connectivity index (χ4v) is 3.39. The Bertz CT molecular complexity index is 796. The van der Waals surface area contributed by atoms with E-state index < -0.39 is 0 Å². The minimum atomic E-state index is -0.0424. The van der Waals surface area contributed by atoms with E-state index in [4.69, 9.17) is 4.74 Å². The number of carbonyl (C=O) groups is 1. The summed E-state index contributed by atoms with van der Waals surface area (Å²) in [5.41, 5.74) is 2.57. The van der Waals surface area contributed by atoms with Crippen molar-refractivity contribution in [2.75, 3.05) is 25.2 Å². The van der Waals surface area contributed by atoms with Crippen LogP contribution in [0.4, 0.5) is 5.13 Å². The molecule has 118 valence electrons. The van der Waals surface area contributed by atoms with E-state index in [0.29, 0.717) is 23.8 Å². The highest BCUT2D eigenvalue weighted by molar-refractivity contribution is 7.22. The Morgan fingerprint density at radius 2 is 1.91 bits per heavy atom. The van der Waals surface area contributed by atoms with Gasteiger partial charge < -0.3 is 4.74 Å². The maximum Gasteiger partial charge on any atom is 0.260 e. The average Bonchev–Trinajstić information content (AvgIpc) is 2.99. The number of methoxy groups -OCH3 is 1. The molecule has 3 rings (SSSR count). The number of rotatable bonds is 5. The van der Waals surface area contributed by atoms with Crippen LogP contribution in [0.3, 0.4) is 0 Å². The number of thiazole rings is 1. The number of aromatic nitrogens is 1. The molecule has 0 fully saturated rings. The van der Waals surface area contributed by atoms with Crippen LogP contribution in [-0.2, 0) is 4.74 Å². The second-order valence-corrected chi connectivity index (χ2v) is 6.24. The predicted octanol–water partition coefficient (Wildman–Crippen LogP) is 3.90. The molecule has 23 heavy (non-hydrogen) atoms. The first-order chi connectivity index (χ1) is 11.2. The van der Waals surface area contributed by atoms with Crippen molar-refractivity contribution in [3.8, 4) is 0 Å².